The summed E-state index contributed by atoms with van der Waals surface area (Å²) >= 11 is 0. The minimum absolute atomic E-state index is 0.0268. The molecule has 0 aliphatic heterocycles. The number of hydrogen-bond acceptors (Lipinski definition) is 5. The Morgan fingerprint density at radius 2 is 1.93 bits per heavy atom. The lowest BCUT2D eigenvalue weighted by Crippen LogP contribution is -2.35. The molecule has 0 spiro atoms. The van der Waals surface area contributed by atoms with Gasteiger partial charge in [0.15, 0.2) is 0 Å². The molecule has 27 heavy (non-hydrogen) atoms. The van der Waals surface area contributed by atoms with Gasteiger partial charge in [-0.05, 0) is 37.8 Å². The first-order valence-electron chi connectivity index (χ1n) is 9.31. The van der Waals surface area contributed by atoms with Gasteiger partial charge >= 0.3 is 7.12 Å². The number of aromatic amines is 1. The van der Waals surface area contributed by atoms with Crippen molar-refractivity contribution in [1.29, 1.82) is 0 Å². The van der Waals surface area contributed by atoms with Crippen molar-refractivity contribution in [2.45, 2.75) is 50.8 Å². The zero-order valence-electron chi connectivity index (χ0n) is 15.6. The molecule has 0 amide bonds. The molecule has 144 valence electrons. The van der Waals surface area contributed by atoms with Gasteiger partial charge in [0.1, 0.15) is 0 Å². The minimum atomic E-state index is -3.80. The van der Waals surface area contributed by atoms with E-state index in [0.29, 0.717) is 17.7 Å². The second-order valence-corrected chi connectivity index (χ2v) is 9.06. The van der Waals surface area contributed by atoms with Crippen molar-refractivity contribution in [2.75, 3.05) is 0 Å². The number of unbranched alkanes of at least 4 members (excludes halogenated alkanes) is 2. The Labute approximate surface area is 160 Å². The largest absolute Gasteiger partial charge is 0.508 e. The van der Waals surface area contributed by atoms with Crippen LogP contribution in [0.2, 0.25) is 0 Å². The fourth-order valence-corrected chi connectivity index (χ4v) is 5.14. The lowest BCUT2D eigenvalue weighted by molar-refractivity contribution is 0.424. The first-order chi connectivity index (χ1) is 12.8. The Balaban J connectivity index is 2.08. The molecule has 0 bridgehead atoms. The molecule has 0 fully saturated rings. The average Bonchev–Trinajstić information content (AvgIpc) is 3.05. The van der Waals surface area contributed by atoms with Gasteiger partial charge in [0, 0.05) is 5.56 Å². The van der Waals surface area contributed by atoms with E-state index in [1.54, 1.807) is 30.3 Å². The molecule has 1 heterocycles. The number of fused-ring (bicyclic) bond motifs is 1. The summed E-state index contributed by atoms with van der Waals surface area (Å²) < 4.78 is 26.7. The van der Waals surface area contributed by atoms with Gasteiger partial charge < -0.3 is 10.0 Å². The van der Waals surface area contributed by atoms with E-state index in [0.717, 1.165) is 31.2 Å². The first kappa shape index (κ1) is 19.9. The van der Waals surface area contributed by atoms with Crippen molar-refractivity contribution in [2.24, 2.45) is 5.92 Å². The monoisotopic (exact) mass is 388 g/mol. The zero-order chi connectivity index (χ0) is 19.6. The molecular weight excluding hydrogens is 363 g/mol. The highest BCUT2D eigenvalue weighted by Crippen LogP contribution is 2.36. The van der Waals surface area contributed by atoms with Crippen LogP contribution in [-0.4, -0.2) is 35.8 Å². The Kier molecular flexibility index (Phi) is 5.88. The highest BCUT2D eigenvalue weighted by atomic mass is 32.2. The summed E-state index contributed by atoms with van der Waals surface area (Å²) in [6.45, 7) is 4.03. The number of nitrogens with zero attached hydrogens (tertiary/aromatic N) is 1. The molecule has 3 rings (SSSR count). The molecule has 6 nitrogen and oxygen atoms in total. The van der Waals surface area contributed by atoms with E-state index in [-0.39, 0.29) is 21.3 Å². The maximum atomic E-state index is 13.3. The van der Waals surface area contributed by atoms with Crippen LogP contribution >= 0.6 is 0 Å². The van der Waals surface area contributed by atoms with Gasteiger partial charge in [-0.1, -0.05) is 50.0 Å². The van der Waals surface area contributed by atoms with Crippen molar-refractivity contribution in [3.05, 3.63) is 47.2 Å². The van der Waals surface area contributed by atoms with Crippen LogP contribution in [0.4, 0.5) is 0 Å². The average molecular weight is 388 g/mol. The number of H-pyrrole nitrogens is 1. The van der Waals surface area contributed by atoms with Crippen LogP contribution < -0.4 is 5.59 Å². The van der Waals surface area contributed by atoms with Crippen LogP contribution in [0, 0.1) is 12.8 Å². The molecule has 1 aromatic heterocycles. The van der Waals surface area contributed by atoms with Crippen LogP contribution in [0.3, 0.4) is 0 Å². The van der Waals surface area contributed by atoms with E-state index in [1.165, 1.54) is 0 Å². The van der Waals surface area contributed by atoms with Gasteiger partial charge in [-0.2, -0.15) is 5.10 Å². The molecule has 3 N–H and O–H groups in total. The first-order valence-corrected chi connectivity index (χ1v) is 10.8. The van der Waals surface area contributed by atoms with Gasteiger partial charge in [0.25, 0.3) is 0 Å². The molecule has 1 aliphatic carbocycles. The van der Waals surface area contributed by atoms with E-state index >= 15 is 0 Å². The summed E-state index contributed by atoms with van der Waals surface area (Å²) in [4.78, 5) is 0.310. The Hall–Kier alpha value is -1.90. The number of nitrogens with one attached hydrogen (secondary N) is 1. The molecule has 0 saturated heterocycles. The number of benzene rings is 1. The maximum absolute atomic E-state index is 13.3. The molecule has 2 aromatic rings. The molecule has 0 radical (unpaired) electrons. The number of rotatable bonds is 7. The van der Waals surface area contributed by atoms with Crippen molar-refractivity contribution in [3.8, 4) is 0 Å². The highest BCUT2D eigenvalue weighted by molar-refractivity contribution is 8.00. The Morgan fingerprint density at radius 3 is 2.56 bits per heavy atom. The Bertz CT molecular complexity index is 933. The van der Waals surface area contributed by atoms with Crippen LogP contribution in [0.25, 0.3) is 4.91 Å². The smallest absolute Gasteiger partial charge is 0.422 e. The second-order valence-electron chi connectivity index (χ2n) is 7.14. The van der Waals surface area contributed by atoms with Gasteiger partial charge in [0.2, 0.25) is 9.84 Å². The lowest BCUT2D eigenvalue weighted by atomic mass is 9.79. The van der Waals surface area contributed by atoms with Crippen molar-refractivity contribution >= 4 is 27.5 Å². The molecule has 1 unspecified atom stereocenters. The maximum Gasteiger partial charge on any atom is 0.508 e. The van der Waals surface area contributed by atoms with Crippen LogP contribution in [0.5, 0.6) is 0 Å². The zero-order valence-corrected chi connectivity index (χ0v) is 16.5. The summed E-state index contributed by atoms with van der Waals surface area (Å²) in [6.07, 6.45) is 6.45. The van der Waals surface area contributed by atoms with Gasteiger partial charge in [0.05, 0.1) is 21.1 Å². The van der Waals surface area contributed by atoms with Crippen LogP contribution in [0.15, 0.2) is 35.2 Å². The Morgan fingerprint density at radius 1 is 1.22 bits per heavy atom. The van der Waals surface area contributed by atoms with E-state index in [4.69, 9.17) is 0 Å². The second kappa shape index (κ2) is 8.00. The lowest BCUT2D eigenvalue weighted by Gasteiger charge is -2.22. The molecular formula is C19H25BN2O4S. The molecule has 8 heteroatoms. The summed E-state index contributed by atoms with van der Waals surface area (Å²) in [5, 5.41) is 26.1. The van der Waals surface area contributed by atoms with E-state index in [9.17, 15) is 18.5 Å². The third-order valence-electron chi connectivity index (χ3n) is 5.02. The standard InChI is InChI=1S/C19H25BN2O4S/c1-3-4-5-6-14-11-16-18(19(20(23)24)22-21-16)17(12-14)27(25,26)15-9-7-13(2)8-10-15/h7-10,12,14,23-24H,3-6,11H2,1-2H3,(H,21,22). The summed E-state index contributed by atoms with van der Waals surface area (Å²) in [5.74, 6) is 0.0614. The minimum Gasteiger partial charge on any atom is -0.422 e. The quantitative estimate of drug-likeness (QED) is 0.497. The van der Waals surface area contributed by atoms with Crippen LogP contribution in [0.1, 0.15) is 49.4 Å². The van der Waals surface area contributed by atoms with Gasteiger partial charge in [-0.15, -0.1) is 0 Å². The topological polar surface area (TPSA) is 103 Å². The summed E-state index contributed by atoms with van der Waals surface area (Å²) in [6, 6.07) is 6.68. The third-order valence-corrected chi connectivity index (χ3v) is 6.83. The molecule has 1 aromatic carbocycles. The predicted octanol–water partition coefficient (Wildman–Crippen LogP) is 1.97. The normalized spacial score (nSPS) is 16.7. The van der Waals surface area contributed by atoms with Crippen LogP contribution in [-0.2, 0) is 16.3 Å². The highest BCUT2D eigenvalue weighted by Gasteiger charge is 2.35. The third kappa shape index (κ3) is 4.02. The summed E-state index contributed by atoms with van der Waals surface area (Å²) in [5.41, 5.74) is 1.88. The predicted molar refractivity (Wildman–Crippen MR) is 106 cm³/mol. The van der Waals surface area contributed by atoms with E-state index in [2.05, 4.69) is 17.1 Å². The number of aromatic nitrogens is 2. The van der Waals surface area contributed by atoms with Crippen molar-refractivity contribution in [1.82, 2.24) is 10.2 Å². The van der Waals surface area contributed by atoms with E-state index in [1.807, 2.05) is 6.92 Å². The van der Waals surface area contributed by atoms with Crippen molar-refractivity contribution < 1.29 is 18.5 Å². The fourth-order valence-electron chi connectivity index (χ4n) is 3.52. The summed E-state index contributed by atoms with van der Waals surface area (Å²) in [7, 11) is -5.61. The van der Waals surface area contributed by atoms with Gasteiger partial charge in [-0.25, -0.2) is 8.42 Å². The molecule has 0 saturated carbocycles. The molecule has 1 aliphatic rings. The number of sulfone groups is 1. The number of hydrogen-bond donors (Lipinski definition) is 3. The number of aryl methyl sites for hydroxylation is 1. The van der Waals surface area contributed by atoms with E-state index < -0.39 is 17.0 Å². The SMILES string of the molecule is CCCCCC1C=C(S(=O)(=O)c2ccc(C)cc2)c2c(n[nH]c2B(O)O)C1. The van der Waals surface area contributed by atoms with Crippen molar-refractivity contribution in [3.63, 3.8) is 0 Å². The van der Waals surface area contributed by atoms with Gasteiger partial charge in [-0.3, -0.25) is 5.10 Å². The molecule has 1 atom stereocenters. The fraction of sp³-hybridized carbons (Fsp3) is 0.421. The number of allylic oxidation sites excluding steroid dienone is 1.